The zero-order valence-electron chi connectivity index (χ0n) is 7.93. The molecule has 0 aromatic carbocycles. The van der Waals surface area contributed by atoms with Gasteiger partial charge in [0, 0.05) is 18.2 Å². The Morgan fingerprint density at radius 3 is 2.25 bits per heavy atom. The molecule has 0 heterocycles. The molecule has 0 unspecified atom stereocenters. The van der Waals surface area contributed by atoms with Crippen molar-refractivity contribution in [3.05, 3.63) is 0 Å². The van der Waals surface area contributed by atoms with Crippen LogP contribution in [0.5, 0.6) is 0 Å². The van der Waals surface area contributed by atoms with Crippen LogP contribution in [0.2, 0.25) is 0 Å². The Morgan fingerprint density at radius 1 is 1.42 bits per heavy atom. The maximum atomic E-state index is 11.0. The summed E-state index contributed by atoms with van der Waals surface area (Å²) in [5, 5.41) is 2.60. The number of Topliss-reactive ketones (excluding diaryl/α,β-unsaturated/α-hetero) is 1. The quantitative estimate of drug-likeness (QED) is 0.665. The van der Waals surface area contributed by atoms with Crippen LogP contribution in [0, 0.1) is 0 Å². The molecule has 0 aliphatic rings. The summed E-state index contributed by atoms with van der Waals surface area (Å²) in [7, 11) is 1.82. The minimum Gasteiger partial charge on any atom is -0.318 e. The summed E-state index contributed by atoms with van der Waals surface area (Å²) < 4.78 is -0.211. The standard InChI is InChI=1S/C8H15NO2S/c1-6(10)7(11)12-8(2,3)5-9-4/h9H,5H2,1-4H3. The Morgan fingerprint density at radius 2 is 1.92 bits per heavy atom. The molecule has 3 nitrogen and oxygen atoms in total. The average Bonchev–Trinajstić information content (AvgIpc) is 1.85. The largest absolute Gasteiger partial charge is 0.318 e. The first-order valence-corrected chi connectivity index (χ1v) is 4.59. The SMILES string of the molecule is CNCC(C)(C)SC(=O)C(C)=O. The molecule has 0 fully saturated rings. The zero-order valence-corrected chi connectivity index (χ0v) is 8.75. The lowest BCUT2D eigenvalue weighted by molar-refractivity contribution is -0.130. The molecule has 12 heavy (non-hydrogen) atoms. The van der Waals surface area contributed by atoms with E-state index in [0.717, 1.165) is 11.8 Å². The highest BCUT2D eigenvalue weighted by Crippen LogP contribution is 2.24. The molecule has 0 spiro atoms. The van der Waals surface area contributed by atoms with Gasteiger partial charge >= 0.3 is 0 Å². The minimum absolute atomic E-state index is 0.211. The lowest BCUT2D eigenvalue weighted by atomic mass is 10.2. The molecule has 0 amide bonds. The molecule has 4 heteroatoms. The number of carbonyl (C=O) groups is 2. The van der Waals surface area contributed by atoms with Gasteiger partial charge < -0.3 is 5.32 Å². The summed E-state index contributed by atoms with van der Waals surface area (Å²) in [6.45, 7) is 5.85. The summed E-state index contributed by atoms with van der Waals surface area (Å²) in [4.78, 5) is 21.7. The van der Waals surface area contributed by atoms with Crippen molar-refractivity contribution in [1.82, 2.24) is 5.32 Å². The van der Waals surface area contributed by atoms with Crippen molar-refractivity contribution in [2.45, 2.75) is 25.5 Å². The van der Waals surface area contributed by atoms with Crippen molar-refractivity contribution >= 4 is 22.7 Å². The Hall–Kier alpha value is -0.350. The van der Waals surface area contributed by atoms with Crippen molar-refractivity contribution in [3.63, 3.8) is 0 Å². The van der Waals surface area contributed by atoms with Crippen molar-refractivity contribution in [2.75, 3.05) is 13.6 Å². The minimum atomic E-state index is -0.385. The normalized spacial score (nSPS) is 11.3. The van der Waals surface area contributed by atoms with Gasteiger partial charge in [0.25, 0.3) is 5.12 Å². The van der Waals surface area contributed by atoms with Gasteiger partial charge in [0.05, 0.1) is 0 Å². The zero-order chi connectivity index (χ0) is 9.78. The highest BCUT2D eigenvalue weighted by molar-refractivity contribution is 8.16. The number of hydrogen-bond donors (Lipinski definition) is 1. The molecule has 0 rings (SSSR count). The fourth-order valence-electron chi connectivity index (χ4n) is 0.785. The fourth-order valence-corrected chi connectivity index (χ4v) is 1.65. The maximum absolute atomic E-state index is 11.0. The van der Waals surface area contributed by atoms with Crippen LogP contribution in [-0.2, 0) is 9.59 Å². The van der Waals surface area contributed by atoms with Gasteiger partial charge in [0.15, 0.2) is 0 Å². The molecule has 0 bridgehead atoms. The lowest BCUT2D eigenvalue weighted by Gasteiger charge is -2.21. The van der Waals surface area contributed by atoms with E-state index in [0.29, 0.717) is 6.54 Å². The molecule has 70 valence electrons. The van der Waals surface area contributed by atoms with Crippen molar-refractivity contribution in [1.29, 1.82) is 0 Å². The predicted octanol–water partition coefficient (Wildman–Crippen LogP) is 0.833. The van der Waals surface area contributed by atoms with Gasteiger partial charge in [0.1, 0.15) is 0 Å². The lowest BCUT2D eigenvalue weighted by Crippen LogP contribution is -2.32. The molecule has 0 saturated heterocycles. The smallest absolute Gasteiger partial charge is 0.255 e. The molecular weight excluding hydrogens is 174 g/mol. The second kappa shape index (κ2) is 4.62. The van der Waals surface area contributed by atoms with Gasteiger partial charge in [-0.3, -0.25) is 9.59 Å². The maximum Gasteiger partial charge on any atom is 0.255 e. The first kappa shape index (κ1) is 11.6. The summed E-state index contributed by atoms with van der Waals surface area (Å²) in [6, 6.07) is 0. The first-order valence-electron chi connectivity index (χ1n) is 3.77. The van der Waals surface area contributed by atoms with Gasteiger partial charge in [-0.15, -0.1) is 0 Å². The van der Waals surface area contributed by atoms with E-state index >= 15 is 0 Å². The van der Waals surface area contributed by atoms with Gasteiger partial charge in [-0.25, -0.2) is 0 Å². The number of thioether (sulfide) groups is 1. The highest BCUT2D eigenvalue weighted by atomic mass is 32.2. The summed E-state index contributed by atoms with van der Waals surface area (Å²) in [6.07, 6.45) is 0. The molecule has 1 N–H and O–H groups in total. The summed E-state index contributed by atoms with van der Waals surface area (Å²) >= 11 is 1.08. The Balaban J connectivity index is 4.05. The topological polar surface area (TPSA) is 46.2 Å². The van der Waals surface area contributed by atoms with Crippen molar-refractivity contribution in [3.8, 4) is 0 Å². The molecule has 0 aliphatic heterocycles. The number of nitrogens with one attached hydrogen (secondary N) is 1. The molecule has 0 aliphatic carbocycles. The van der Waals surface area contributed by atoms with Gasteiger partial charge in [0.2, 0.25) is 5.78 Å². The second-order valence-electron chi connectivity index (χ2n) is 3.24. The summed E-state index contributed by atoms with van der Waals surface area (Å²) in [5.74, 6) is -0.385. The number of ketones is 1. The third-order valence-electron chi connectivity index (χ3n) is 1.26. The number of carbonyl (C=O) groups excluding carboxylic acids is 2. The van der Waals surface area contributed by atoms with Gasteiger partial charge in [-0.2, -0.15) is 0 Å². The van der Waals surface area contributed by atoms with Crippen LogP contribution in [0.3, 0.4) is 0 Å². The molecule has 0 atom stereocenters. The van der Waals surface area contributed by atoms with E-state index in [9.17, 15) is 9.59 Å². The van der Waals surface area contributed by atoms with E-state index in [-0.39, 0.29) is 15.6 Å². The number of rotatable bonds is 4. The third kappa shape index (κ3) is 4.51. The first-order chi connectivity index (χ1) is 5.39. The van der Waals surface area contributed by atoms with E-state index in [1.54, 1.807) is 0 Å². The van der Waals surface area contributed by atoms with Crippen LogP contribution in [0.25, 0.3) is 0 Å². The Kier molecular flexibility index (Phi) is 4.49. The van der Waals surface area contributed by atoms with E-state index < -0.39 is 0 Å². The van der Waals surface area contributed by atoms with E-state index in [2.05, 4.69) is 5.32 Å². The third-order valence-corrected chi connectivity index (χ3v) is 2.43. The molecular formula is C8H15NO2S. The van der Waals surface area contributed by atoms with Crippen LogP contribution in [0.1, 0.15) is 20.8 Å². The van der Waals surface area contributed by atoms with E-state index in [1.807, 2.05) is 20.9 Å². The van der Waals surface area contributed by atoms with Crippen LogP contribution in [0.4, 0.5) is 0 Å². The van der Waals surface area contributed by atoms with Crippen molar-refractivity contribution < 1.29 is 9.59 Å². The second-order valence-corrected chi connectivity index (χ2v) is 4.92. The average molecular weight is 189 g/mol. The van der Waals surface area contributed by atoms with Gasteiger partial charge in [-0.05, 0) is 20.9 Å². The van der Waals surface area contributed by atoms with E-state index in [1.165, 1.54) is 6.92 Å². The van der Waals surface area contributed by atoms with Crippen LogP contribution < -0.4 is 5.32 Å². The van der Waals surface area contributed by atoms with Crippen LogP contribution in [0.15, 0.2) is 0 Å². The predicted molar refractivity (Wildman–Crippen MR) is 51.3 cm³/mol. The number of hydrogen-bond acceptors (Lipinski definition) is 4. The Labute approximate surface area is 77.3 Å². The molecule has 0 radical (unpaired) electrons. The van der Waals surface area contributed by atoms with Crippen LogP contribution in [-0.4, -0.2) is 29.2 Å². The fraction of sp³-hybridized carbons (Fsp3) is 0.750. The van der Waals surface area contributed by atoms with Crippen LogP contribution >= 0.6 is 11.8 Å². The highest BCUT2D eigenvalue weighted by Gasteiger charge is 2.23. The molecule has 0 saturated carbocycles. The van der Waals surface area contributed by atoms with E-state index in [4.69, 9.17) is 0 Å². The monoisotopic (exact) mass is 189 g/mol. The van der Waals surface area contributed by atoms with Crippen molar-refractivity contribution in [2.24, 2.45) is 0 Å². The summed E-state index contributed by atoms with van der Waals surface area (Å²) in [5.41, 5.74) is 0. The molecule has 0 aromatic heterocycles. The Bertz CT molecular complexity index is 189. The molecule has 0 aromatic rings. The van der Waals surface area contributed by atoms with Gasteiger partial charge in [-0.1, -0.05) is 11.8 Å².